The molecule has 0 spiro atoms. The highest BCUT2D eigenvalue weighted by Crippen LogP contribution is 2.18. The highest BCUT2D eigenvalue weighted by Gasteiger charge is 2.19. The van der Waals surface area contributed by atoms with Crippen LogP contribution in [0.2, 0.25) is 0 Å². The SMILES string of the molecule is CCCCCCCCCCOC(C(=O)O)c1ccccc1. The molecule has 21 heavy (non-hydrogen) atoms. The van der Waals surface area contributed by atoms with Gasteiger partial charge in [-0.25, -0.2) is 4.79 Å². The number of benzene rings is 1. The van der Waals surface area contributed by atoms with Crippen LogP contribution in [0.3, 0.4) is 0 Å². The molecule has 1 aromatic carbocycles. The summed E-state index contributed by atoms with van der Waals surface area (Å²) in [6.07, 6.45) is 8.98. The van der Waals surface area contributed by atoms with Crippen molar-refractivity contribution in [3.63, 3.8) is 0 Å². The number of hydrogen-bond acceptors (Lipinski definition) is 2. The van der Waals surface area contributed by atoms with E-state index >= 15 is 0 Å². The zero-order valence-electron chi connectivity index (χ0n) is 13.1. The second kappa shape index (κ2) is 11.3. The Morgan fingerprint density at radius 2 is 1.57 bits per heavy atom. The zero-order valence-corrected chi connectivity index (χ0v) is 13.1. The van der Waals surface area contributed by atoms with Crippen molar-refractivity contribution < 1.29 is 14.6 Å². The molecule has 0 amide bonds. The number of carboxylic acid groups (broad SMARTS) is 1. The lowest BCUT2D eigenvalue weighted by atomic mass is 10.1. The average molecular weight is 292 g/mol. The Balaban J connectivity index is 2.13. The number of ether oxygens (including phenoxy) is 1. The van der Waals surface area contributed by atoms with Crippen LogP contribution < -0.4 is 0 Å². The first-order chi connectivity index (χ1) is 10.3. The van der Waals surface area contributed by atoms with Crippen LogP contribution in [0, 0.1) is 0 Å². The summed E-state index contributed by atoms with van der Waals surface area (Å²) in [6.45, 7) is 2.74. The number of carbonyl (C=O) groups is 1. The normalized spacial score (nSPS) is 12.2. The first-order valence-corrected chi connectivity index (χ1v) is 8.15. The van der Waals surface area contributed by atoms with Crippen molar-refractivity contribution in [2.24, 2.45) is 0 Å². The largest absolute Gasteiger partial charge is 0.479 e. The Morgan fingerprint density at radius 1 is 1.00 bits per heavy atom. The van der Waals surface area contributed by atoms with E-state index in [4.69, 9.17) is 4.74 Å². The maximum atomic E-state index is 11.2. The fourth-order valence-electron chi connectivity index (χ4n) is 2.38. The van der Waals surface area contributed by atoms with E-state index in [-0.39, 0.29) is 0 Å². The number of aliphatic carboxylic acids is 1. The van der Waals surface area contributed by atoms with Crippen molar-refractivity contribution in [3.05, 3.63) is 35.9 Å². The minimum atomic E-state index is -0.916. The third-order valence-electron chi connectivity index (χ3n) is 3.61. The highest BCUT2D eigenvalue weighted by molar-refractivity contribution is 5.74. The van der Waals surface area contributed by atoms with Gasteiger partial charge in [-0.05, 0) is 12.0 Å². The van der Waals surface area contributed by atoms with Gasteiger partial charge in [-0.2, -0.15) is 0 Å². The van der Waals surface area contributed by atoms with Crippen molar-refractivity contribution >= 4 is 5.97 Å². The van der Waals surface area contributed by atoms with Crippen molar-refractivity contribution in [1.82, 2.24) is 0 Å². The van der Waals surface area contributed by atoms with Crippen LogP contribution >= 0.6 is 0 Å². The van der Waals surface area contributed by atoms with Crippen LogP contribution in [0.15, 0.2) is 30.3 Å². The molecule has 0 fully saturated rings. The highest BCUT2D eigenvalue weighted by atomic mass is 16.5. The standard InChI is InChI=1S/C18H28O3/c1-2-3-4-5-6-7-8-12-15-21-17(18(19)20)16-13-10-9-11-14-16/h9-11,13-14,17H,2-8,12,15H2,1H3,(H,19,20). The molecule has 1 N–H and O–H groups in total. The van der Waals surface area contributed by atoms with Gasteiger partial charge in [0, 0.05) is 6.61 Å². The summed E-state index contributed by atoms with van der Waals surface area (Å²) < 4.78 is 5.54. The van der Waals surface area contributed by atoms with Crippen LogP contribution in [0.5, 0.6) is 0 Å². The monoisotopic (exact) mass is 292 g/mol. The topological polar surface area (TPSA) is 46.5 Å². The maximum absolute atomic E-state index is 11.2. The van der Waals surface area contributed by atoms with E-state index in [0.29, 0.717) is 12.2 Å². The van der Waals surface area contributed by atoms with E-state index in [0.717, 1.165) is 12.8 Å². The van der Waals surface area contributed by atoms with Crippen molar-refractivity contribution in [3.8, 4) is 0 Å². The van der Waals surface area contributed by atoms with E-state index in [1.165, 1.54) is 38.5 Å². The van der Waals surface area contributed by atoms with E-state index in [1.54, 1.807) is 12.1 Å². The van der Waals surface area contributed by atoms with Gasteiger partial charge in [-0.15, -0.1) is 0 Å². The lowest BCUT2D eigenvalue weighted by Gasteiger charge is -2.13. The van der Waals surface area contributed by atoms with Crippen LogP contribution in [0.1, 0.15) is 70.0 Å². The molecule has 1 aromatic rings. The number of hydrogen-bond donors (Lipinski definition) is 1. The molecule has 0 bridgehead atoms. The molecule has 118 valence electrons. The van der Waals surface area contributed by atoms with Crippen LogP contribution in [-0.2, 0) is 9.53 Å². The van der Waals surface area contributed by atoms with Crippen LogP contribution in [0.25, 0.3) is 0 Å². The summed E-state index contributed by atoms with van der Waals surface area (Å²) in [4.78, 5) is 11.2. The first-order valence-electron chi connectivity index (χ1n) is 8.15. The van der Waals surface area contributed by atoms with Gasteiger partial charge in [0.05, 0.1) is 0 Å². The predicted octanol–water partition coefficient (Wildman–Crippen LogP) is 4.97. The third kappa shape index (κ3) is 7.86. The minimum absolute atomic E-state index is 0.515. The molecule has 1 rings (SSSR count). The van der Waals surface area contributed by atoms with E-state index < -0.39 is 12.1 Å². The van der Waals surface area contributed by atoms with Crippen molar-refractivity contribution in [1.29, 1.82) is 0 Å². The summed E-state index contributed by atoms with van der Waals surface area (Å²) in [5.41, 5.74) is 0.713. The molecule has 3 nitrogen and oxygen atoms in total. The summed E-state index contributed by atoms with van der Waals surface area (Å²) in [5, 5.41) is 9.22. The molecule has 0 aliphatic heterocycles. The molecule has 1 atom stereocenters. The summed E-state index contributed by atoms with van der Waals surface area (Å²) in [7, 11) is 0. The van der Waals surface area contributed by atoms with Gasteiger partial charge in [0.1, 0.15) is 0 Å². The second-order valence-electron chi connectivity index (χ2n) is 5.47. The third-order valence-corrected chi connectivity index (χ3v) is 3.61. The fourth-order valence-corrected chi connectivity index (χ4v) is 2.38. The number of unbranched alkanes of at least 4 members (excludes halogenated alkanes) is 7. The van der Waals surface area contributed by atoms with Gasteiger partial charge in [0.25, 0.3) is 0 Å². The van der Waals surface area contributed by atoms with Gasteiger partial charge in [0.2, 0.25) is 0 Å². The van der Waals surface area contributed by atoms with Crippen molar-refractivity contribution in [2.45, 2.75) is 64.4 Å². The zero-order chi connectivity index (χ0) is 15.3. The molecule has 0 radical (unpaired) electrons. The molecule has 3 heteroatoms. The molecule has 0 saturated heterocycles. The Kier molecular flexibility index (Phi) is 9.55. The molecule has 0 aliphatic rings. The van der Waals surface area contributed by atoms with Gasteiger partial charge in [0.15, 0.2) is 6.10 Å². The van der Waals surface area contributed by atoms with E-state index in [2.05, 4.69) is 6.92 Å². The van der Waals surface area contributed by atoms with Crippen LogP contribution in [0.4, 0.5) is 0 Å². The van der Waals surface area contributed by atoms with Gasteiger partial charge >= 0.3 is 5.97 Å². The number of carboxylic acids is 1. The molecular formula is C18H28O3. The molecule has 0 saturated carbocycles. The lowest BCUT2D eigenvalue weighted by molar-refractivity contribution is -0.151. The quantitative estimate of drug-likeness (QED) is 0.553. The number of rotatable bonds is 12. The summed E-state index contributed by atoms with van der Waals surface area (Å²) in [5.74, 6) is -0.916. The minimum Gasteiger partial charge on any atom is -0.479 e. The van der Waals surface area contributed by atoms with Crippen molar-refractivity contribution in [2.75, 3.05) is 6.61 Å². The maximum Gasteiger partial charge on any atom is 0.337 e. The van der Waals surface area contributed by atoms with Gasteiger partial charge in [-0.3, -0.25) is 0 Å². The predicted molar refractivity (Wildman–Crippen MR) is 85.4 cm³/mol. The Hall–Kier alpha value is -1.35. The van der Waals surface area contributed by atoms with E-state index in [9.17, 15) is 9.90 Å². The first kappa shape index (κ1) is 17.7. The molecular weight excluding hydrogens is 264 g/mol. The summed E-state index contributed by atoms with van der Waals surface area (Å²) >= 11 is 0. The lowest BCUT2D eigenvalue weighted by Crippen LogP contribution is -2.16. The molecule has 0 aromatic heterocycles. The molecule has 0 aliphatic carbocycles. The Bertz CT molecular complexity index is 375. The van der Waals surface area contributed by atoms with E-state index in [1.807, 2.05) is 18.2 Å². The van der Waals surface area contributed by atoms with Crippen LogP contribution in [-0.4, -0.2) is 17.7 Å². The van der Waals surface area contributed by atoms with Gasteiger partial charge < -0.3 is 9.84 Å². The second-order valence-corrected chi connectivity index (χ2v) is 5.47. The summed E-state index contributed by atoms with van der Waals surface area (Å²) in [6, 6.07) is 9.15. The Morgan fingerprint density at radius 3 is 2.14 bits per heavy atom. The fraction of sp³-hybridized carbons (Fsp3) is 0.611. The molecule has 0 heterocycles. The smallest absolute Gasteiger partial charge is 0.337 e. The van der Waals surface area contributed by atoms with Gasteiger partial charge in [-0.1, -0.05) is 82.2 Å². The Labute approximate surface area is 128 Å². The molecule has 1 unspecified atom stereocenters. The average Bonchev–Trinajstić information content (AvgIpc) is 2.50.